The molecular weight excluding hydrogens is 208 g/mol. The third-order valence-corrected chi connectivity index (χ3v) is 3.23. The van der Waals surface area contributed by atoms with Crippen LogP contribution in [0.15, 0.2) is 11.1 Å². The van der Waals surface area contributed by atoms with E-state index in [2.05, 4.69) is 35.6 Å². The molecular formula is C10H18N4S. The number of hydrazine groups is 1. The molecule has 0 spiro atoms. The fourth-order valence-electron chi connectivity index (χ4n) is 1.20. The van der Waals surface area contributed by atoms with Crippen LogP contribution >= 0.6 is 11.3 Å². The van der Waals surface area contributed by atoms with Gasteiger partial charge in [-0.3, -0.25) is 5.43 Å². The van der Waals surface area contributed by atoms with Crippen molar-refractivity contribution in [1.29, 1.82) is 0 Å². The summed E-state index contributed by atoms with van der Waals surface area (Å²) in [5.74, 6) is 5.96. The molecule has 84 valence electrons. The Hall–Kier alpha value is -1.07. The first-order chi connectivity index (χ1) is 7.17. The summed E-state index contributed by atoms with van der Waals surface area (Å²) in [5, 5.41) is 3.04. The minimum Gasteiger partial charge on any atom is -0.356 e. The van der Waals surface area contributed by atoms with Crippen molar-refractivity contribution in [2.75, 3.05) is 6.54 Å². The quantitative estimate of drug-likeness (QED) is 0.315. The maximum Gasteiger partial charge on any atom is 0.206 e. The summed E-state index contributed by atoms with van der Waals surface area (Å²) < 4.78 is 0. The Morgan fingerprint density at radius 2 is 2.27 bits per heavy atom. The van der Waals surface area contributed by atoms with Gasteiger partial charge >= 0.3 is 0 Å². The van der Waals surface area contributed by atoms with E-state index in [1.165, 1.54) is 15.3 Å². The second-order valence-electron chi connectivity index (χ2n) is 3.29. The highest BCUT2D eigenvalue weighted by atomic mass is 32.1. The van der Waals surface area contributed by atoms with Gasteiger partial charge in [0.05, 0.1) is 6.54 Å². The van der Waals surface area contributed by atoms with Crippen LogP contribution in [0.2, 0.25) is 0 Å². The summed E-state index contributed by atoms with van der Waals surface area (Å²) in [4.78, 5) is 6.95. The van der Waals surface area contributed by atoms with Gasteiger partial charge in [-0.15, -0.1) is 11.3 Å². The van der Waals surface area contributed by atoms with Gasteiger partial charge in [0.25, 0.3) is 0 Å². The second kappa shape index (κ2) is 5.72. The van der Waals surface area contributed by atoms with E-state index in [0.29, 0.717) is 12.5 Å². The van der Waals surface area contributed by atoms with Gasteiger partial charge in [0.15, 0.2) is 0 Å². The van der Waals surface area contributed by atoms with Crippen LogP contribution in [0.1, 0.15) is 22.2 Å². The Morgan fingerprint density at radius 3 is 2.73 bits per heavy atom. The first-order valence-electron chi connectivity index (χ1n) is 4.98. The molecule has 5 heteroatoms. The van der Waals surface area contributed by atoms with Gasteiger partial charge in [0.1, 0.15) is 0 Å². The molecule has 0 unspecified atom stereocenters. The van der Waals surface area contributed by atoms with Crippen molar-refractivity contribution < 1.29 is 0 Å². The molecule has 0 saturated carbocycles. The van der Waals surface area contributed by atoms with Crippen molar-refractivity contribution in [3.8, 4) is 0 Å². The summed E-state index contributed by atoms with van der Waals surface area (Å²) in [6.07, 6.45) is 0. The number of hydrogen-bond donors (Lipinski definition) is 3. The highest BCUT2D eigenvalue weighted by Gasteiger charge is 2.01. The summed E-state index contributed by atoms with van der Waals surface area (Å²) in [7, 11) is 0. The molecule has 0 amide bonds. The zero-order valence-electron chi connectivity index (χ0n) is 9.42. The van der Waals surface area contributed by atoms with E-state index in [1.54, 1.807) is 11.3 Å². The lowest BCUT2D eigenvalue weighted by Gasteiger charge is -2.05. The number of thiophene rings is 1. The first-order valence-corrected chi connectivity index (χ1v) is 5.79. The van der Waals surface area contributed by atoms with Gasteiger partial charge < -0.3 is 5.32 Å². The number of nitrogens with zero attached hydrogens (tertiary/aromatic N) is 1. The molecule has 1 aromatic heterocycles. The van der Waals surface area contributed by atoms with Crippen LogP contribution in [0.3, 0.4) is 0 Å². The smallest absolute Gasteiger partial charge is 0.206 e. The standard InChI is InChI=1S/C10H18N4S/c1-4-12-10(14-11)13-6-9-5-7(2)8(3)15-9/h5H,4,6,11H2,1-3H3,(H2,12,13,14). The number of nitrogens with one attached hydrogen (secondary N) is 2. The highest BCUT2D eigenvalue weighted by molar-refractivity contribution is 7.12. The SMILES string of the molecule is CCNC(=NCc1cc(C)c(C)s1)NN. The highest BCUT2D eigenvalue weighted by Crippen LogP contribution is 2.20. The number of aryl methyl sites for hydroxylation is 2. The topological polar surface area (TPSA) is 62.4 Å². The number of nitrogens with two attached hydrogens (primary N) is 1. The first kappa shape index (κ1) is 12.0. The number of hydrogen-bond acceptors (Lipinski definition) is 3. The monoisotopic (exact) mass is 226 g/mol. The molecule has 1 heterocycles. The van der Waals surface area contributed by atoms with Crippen LogP contribution in [-0.2, 0) is 6.54 Å². The molecule has 4 N–H and O–H groups in total. The number of guanidine groups is 1. The van der Waals surface area contributed by atoms with Gasteiger partial charge in [0.2, 0.25) is 5.96 Å². The molecule has 0 aromatic carbocycles. The van der Waals surface area contributed by atoms with Crippen molar-refractivity contribution in [1.82, 2.24) is 10.7 Å². The Labute approximate surface area is 94.6 Å². The molecule has 0 radical (unpaired) electrons. The van der Waals surface area contributed by atoms with Crippen LogP contribution < -0.4 is 16.6 Å². The van der Waals surface area contributed by atoms with Crippen molar-refractivity contribution in [2.24, 2.45) is 10.8 Å². The summed E-state index contributed by atoms with van der Waals surface area (Å²) in [6.45, 7) is 7.73. The van der Waals surface area contributed by atoms with Gasteiger partial charge in [-0.05, 0) is 32.4 Å². The van der Waals surface area contributed by atoms with Gasteiger partial charge in [0, 0.05) is 16.3 Å². The predicted octanol–water partition coefficient (Wildman–Crippen LogP) is 1.29. The normalized spacial score (nSPS) is 11.6. The largest absolute Gasteiger partial charge is 0.356 e. The molecule has 0 bridgehead atoms. The predicted molar refractivity (Wildman–Crippen MR) is 65.9 cm³/mol. The minimum atomic E-state index is 0.640. The van der Waals surface area contributed by atoms with Crippen LogP contribution in [0, 0.1) is 13.8 Å². The molecule has 0 saturated heterocycles. The Morgan fingerprint density at radius 1 is 1.53 bits per heavy atom. The van der Waals surface area contributed by atoms with Crippen molar-refractivity contribution >= 4 is 17.3 Å². The average Bonchev–Trinajstić information content (AvgIpc) is 2.53. The fraction of sp³-hybridized carbons (Fsp3) is 0.500. The van der Waals surface area contributed by atoms with Gasteiger partial charge in [-0.25, -0.2) is 10.8 Å². The van der Waals surface area contributed by atoms with E-state index < -0.39 is 0 Å². The Kier molecular flexibility index (Phi) is 4.58. The summed E-state index contributed by atoms with van der Waals surface area (Å²) in [6, 6.07) is 2.17. The Balaban J connectivity index is 2.61. The van der Waals surface area contributed by atoms with Gasteiger partial charge in [-0.1, -0.05) is 0 Å². The third kappa shape index (κ3) is 3.53. The van der Waals surface area contributed by atoms with E-state index in [0.717, 1.165) is 6.54 Å². The second-order valence-corrected chi connectivity index (χ2v) is 4.63. The van der Waals surface area contributed by atoms with E-state index in [-0.39, 0.29) is 0 Å². The van der Waals surface area contributed by atoms with Crippen LogP contribution in [0.25, 0.3) is 0 Å². The molecule has 0 aliphatic heterocycles. The maximum absolute atomic E-state index is 5.32. The molecule has 1 rings (SSSR count). The zero-order chi connectivity index (χ0) is 11.3. The van der Waals surface area contributed by atoms with E-state index in [9.17, 15) is 0 Å². The number of aliphatic imine (C=N–C) groups is 1. The number of rotatable bonds is 3. The molecule has 1 aromatic rings. The van der Waals surface area contributed by atoms with E-state index in [4.69, 9.17) is 5.84 Å². The molecule has 0 atom stereocenters. The lowest BCUT2D eigenvalue weighted by molar-refractivity contribution is 0.854. The molecule has 15 heavy (non-hydrogen) atoms. The van der Waals surface area contributed by atoms with Crippen molar-refractivity contribution in [3.63, 3.8) is 0 Å². The minimum absolute atomic E-state index is 0.640. The van der Waals surface area contributed by atoms with Gasteiger partial charge in [-0.2, -0.15) is 0 Å². The molecule has 0 fully saturated rings. The average molecular weight is 226 g/mol. The van der Waals surface area contributed by atoms with Crippen LogP contribution in [-0.4, -0.2) is 12.5 Å². The lowest BCUT2D eigenvalue weighted by atomic mass is 10.3. The zero-order valence-corrected chi connectivity index (χ0v) is 10.2. The van der Waals surface area contributed by atoms with E-state index >= 15 is 0 Å². The third-order valence-electron chi connectivity index (χ3n) is 2.09. The molecule has 4 nitrogen and oxygen atoms in total. The Bertz CT molecular complexity index is 324. The van der Waals surface area contributed by atoms with Crippen LogP contribution in [0.4, 0.5) is 0 Å². The van der Waals surface area contributed by atoms with Crippen molar-refractivity contribution in [3.05, 3.63) is 21.4 Å². The van der Waals surface area contributed by atoms with Crippen molar-refractivity contribution in [2.45, 2.75) is 27.3 Å². The summed E-state index contributed by atoms with van der Waals surface area (Å²) in [5.41, 5.74) is 3.87. The summed E-state index contributed by atoms with van der Waals surface area (Å²) >= 11 is 1.78. The van der Waals surface area contributed by atoms with E-state index in [1.807, 2.05) is 6.92 Å². The van der Waals surface area contributed by atoms with Crippen LogP contribution in [0.5, 0.6) is 0 Å². The lowest BCUT2D eigenvalue weighted by Crippen LogP contribution is -2.41. The molecule has 0 aliphatic carbocycles. The maximum atomic E-state index is 5.32. The fourth-order valence-corrected chi connectivity index (χ4v) is 2.18. The molecule has 0 aliphatic rings.